The number of esters is 1. The Morgan fingerprint density at radius 2 is 1.65 bits per heavy atom. The van der Waals surface area contributed by atoms with Crippen LogP contribution in [-0.2, 0) is 39.8 Å². The number of nitrogens with zero attached hydrogens (tertiary/aromatic N) is 1. The summed E-state index contributed by atoms with van der Waals surface area (Å²) in [7, 11) is 0. The second-order valence-corrected chi connectivity index (χ2v) is 11.7. The van der Waals surface area contributed by atoms with Crippen molar-refractivity contribution in [1.29, 1.82) is 0 Å². The predicted molar refractivity (Wildman–Crippen MR) is 177 cm³/mol. The first-order valence-corrected chi connectivity index (χ1v) is 15.9. The summed E-state index contributed by atoms with van der Waals surface area (Å²) in [6, 6.07) is 24.2. The maximum absolute atomic E-state index is 14.4. The molecule has 4 rings (SSSR count). The van der Waals surface area contributed by atoms with Gasteiger partial charge in [0, 0.05) is 25.5 Å². The van der Waals surface area contributed by atoms with E-state index in [2.05, 4.69) is 0 Å². The van der Waals surface area contributed by atoms with E-state index >= 15 is 0 Å². The number of cyclic esters (lactones) is 1. The molecule has 252 valence electrons. The molecule has 2 amide bonds. The number of ketones is 2. The highest BCUT2D eigenvalue weighted by Gasteiger charge is 2.48. The van der Waals surface area contributed by atoms with E-state index in [0.717, 1.165) is 23.5 Å². The van der Waals surface area contributed by atoms with Crippen molar-refractivity contribution in [2.45, 2.75) is 58.3 Å². The smallest absolute Gasteiger partial charge is 0.417 e. The molecule has 0 bridgehead atoms. The standard InChI is InChI=1S/C38H41NO9/c1-25-12-10-17-30(22-25)31(33(42)18-11-20-46-21-19-40)24-34(43)36(47-27(3)41)32(23-28-13-6-4-7-14-28)37(44)39-26(2)35(48-38(39)45)29-15-8-5-9-16-29/h4-10,12-17,22,24,26,32,35-36,40H,11,18-21,23H2,1-3H3/t26-,32-,35-,36-/m0/s1. The van der Waals surface area contributed by atoms with E-state index in [0.29, 0.717) is 23.1 Å². The maximum atomic E-state index is 14.4. The molecule has 1 aliphatic rings. The zero-order valence-corrected chi connectivity index (χ0v) is 27.4. The van der Waals surface area contributed by atoms with Crippen molar-refractivity contribution in [3.63, 3.8) is 0 Å². The van der Waals surface area contributed by atoms with Crippen molar-refractivity contribution >= 4 is 35.1 Å². The second kappa shape index (κ2) is 17.3. The van der Waals surface area contributed by atoms with Gasteiger partial charge in [0.1, 0.15) is 6.10 Å². The predicted octanol–water partition coefficient (Wildman–Crippen LogP) is 5.20. The highest BCUT2D eigenvalue weighted by atomic mass is 16.6. The number of Topliss-reactive ketones (excluding diaryl/α,β-unsaturated/α-hetero) is 1. The van der Waals surface area contributed by atoms with Crippen molar-refractivity contribution in [1.82, 2.24) is 4.90 Å². The fourth-order valence-corrected chi connectivity index (χ4v) is 5.73. The van der Waals surface area contributed by atoms with Crippen molar-refractivity contribution in [2.24, 2.45) is 5.92 Å². The SMILES string of the molecule is CC(=O)O[C@H](C(=O)C=C(C(=O)CCCOCCO)c1cccc(C)c1)[C@H](Cc1ccccc1)C(=O)N1C(=O)O[C@H](c2ccccc2)[C@@H]1C. The number of ether oxygens (including phenoxy) is 3. The van der Waals surface area contributed by atoms with Gasteiger partial charge in [-0.05, 0) is 49.5 Å². The zero-order valence-electron chi connectivity index (χ0n) is 27.4. The number of carbonyl (C=O) groups excluding carboxylic acids is 5. The summed E-state index contributed by atoms with van der Waals surface area (Å²) >= 11 is 0. The van der Waals surface area contributed by atoms with Gasteiger partial charge < -0.3 is 19.3 Å². The first kappa shape index (κ1) is 35.9. The van der Waals surface area contributed by atoms with Crippen LogP contribution in [0, 0.1) is 12.8 Å². The number of aliphatic hydroxyl groups is 1. The van der Waals surface area contributed by atoms with Crippen LogP contribution in [0.15, 0.2) is 91.0 Å². The second-order valence-electron chi connectivity index (χ2n) is 11.7. The Morgan fingerprint density at radius 1 is 0.958 bits per heavy atom. The molecule has 0 radical (unpaired) electrons. The summed E-state index contributed by atoms with van der Waals surface area (Å²) in [4.78, 5) is 68.9. The van der Waals surface area contributed by atoms with E-state index < -0.39 is 47.9 Å². The molecule has 0 unspecified atom stereocenters. The minimum absolute atomic E-state index is 0.0420. The number of benzene rings is 3. The van der Waals surface area contributed by atoms with Crippen molar-refractivity contribution < 1.29 is 43.3 Å². The Hall–Kier alpha value is -4.93. The van der Waals surface area contributed by atoms with Crippen LogP contribution in [0.5, 0.6) is 0 Å². The first-order valence-electron chi connectivity index (χ1n) is 15.9. The summed E-state index contributed by atoms with van der Waals surface area (Å²) in [5.41, 5.74) is 2.80. The molecule has 0 aliphatic carbocycles. The van der Waals surface area contributed by atoms with E-state index in [1.165, 1.54) is 0 Å². The molecule has 1 N–H and O–H groups in total. The molecule has 1 heterocycles. The van der Waals surface area contributed by atoms with Gasteiger partial charge in [0.25, 0.3) is 0 Å². The number of amides is 2. The number of hydrogen-bond donors (Lipinski definition) is 1. The lowest BCUT2D eigenvalue weighted by Crippen LogP contribution is -2.49. The number of hydrogen-bond acceptors (Lipinski definition) is 9. The lowest BCUT2D eigenvalue weighted by atomic mass is 9.87. The Kier molecular flexibility index (Phi) is 12.9. The van der Waals surface area contributed by atoms with Crippen LogP contribution in [0.25, 0.3) is 5.57 Å². The lowest BCUT2D eigenvalue weighted by molar-refractivity contribution is -0.158. The third-order valence-corrected chi connectivity index (χ3v) is 8.03. The lowest BCUT2D eigenvalue weighted by Gasteiger charge is -2.29. The van der Waals surface area contributed by atoms with E-state index in [4.69, 9.17) is 19.3 Å². The Balaban J connectivity index is 1.73. The topological polar surface area (TPSA) is 137 Å². The van der Waals surface area contributed by atoms with Crippen LogP contribution in [-0.4, -0.2) is 71.5 Å². The Labute approximate surface area is 280 Å². The van der Waals surface area contributed by atoms with Crippen LogP contribution < -0.4 is 0 Å². The Morgan fingerprint density at radius 3 is 2.29 bits per heavy atom. The summed E-state index contributed by atoms with van der Waals surface area (Å²) in [6.07, 6.45) is -1.80. The Bertz CT molecular complexity index is 1620. The molecule has 1 fully saturated rings. The number of allylic oxidation sites excluding steroid dienone is 1. The molecule has 0 aromatic heterocycles. The molecule has 0 saturated carbocycles. The average Bonchev–Trinajstić information content (AvgIpc) is 3.38. The van der Waals surface area contributed by atoms with Gasteiger partial charge in [-0.15, -0.1) is 0 Å². The molecule has 3 aromatic rings. The number of aliphatic hydroxyl groups excluding tert-OH is 1. The molecule has 1 saturated heterocycles. The monoisotopic (exact) mass is 655 g/mol. The number of carbonyl (C=O) groups is 5. The first-order chi connectivity index (χ1) is 23.1. The molecular formula is C38H41NO9. The van der Waals surface area contributed by atoms with Crippen LogP contribution in [0.1, 0.15) is 55.0 Å². The van der Waals surface area contributed by atoms with Gasteiger partial charge in [0.15, 0.2) is 17.7 Å². The number of imide groups is 1. The van der Waals surface area contributed by atoms with Crippen molar-refractivity contribution in [3.05, 3.63) is 113 Å². The van der Waals surface area contributed by atoms with E-state index in [-0.39, 0.29) is 44.0 Å². The van der Waals surface area contributed by atoms with E-state index in [1.807, 2.05) is 19.1 Å². The van der Waals surface area contributed by atoms with Gasteiger partial charge in [0.05, 0.1) is 25.2 Å². The molecule has 4 atom stereocenters. The molecule has 0 spiro atoms. The molecular weight excluding hydrogens is 614 g/mol. The van der Waals surface area contributed by atoms with Gasteiger partial charge in [-0.2, -0.15) is 0 Å². The molecule has 1 aliphatic heterocycles. The zero-order chi connectivity index (χ0) is 34.6. The third-order valence-electron chi connectivity index (χ3n) is 8.03. The van der Waals surface area contributed by atoms with E-state index in [1.54, 1.807) is 79.7 Å². The molecule has 10 heteroatoms. The molecule has 48 heavy (non-hydrogen) atoms. The number of aryl methyl sites for hydroxylation is 1. The van der Waals surface area contributed by atoms with Gasteiger partial charge in [0.2, 0.25) is 5.91 Å². The van der Waals surface area contributed by atoms with Crippen LogP contribution in [0.3, 0.4) is 0 Å². The largest absolute Gasteiger partial charge is 0.453 e. The quantitative estimate of drug-likeness (QED) is 0.125. The van der Waals surface area contributed by atoms with Crippen molar-refractivity contribution in [3.8, 4) is 0 Å². The highest BCUT2D eigenvalue weighted by molar-refractivity contribution is 6.25. The third kappa shape index (κ3) is 9.33. The fraction of sp³-hybridized carbons (Fsp3) is 0.342. The van der Waals surface area contributed by atoms with Crippen LogP contribution in [0.4, 0.5) is 4.79 Å². The summed E-state index contributed by atoms with van der Waals surface area (Å²) in [5.74, 6) is -4.01. The summed E-state index contributed by atoms with van der Waals surface area (Å²) in [6.45, 7) is 4.90. The van der Waals surface area contributed by atoms with Gasteiger partial charge in [-0.3, -0.25) is 19.2 Å². The van der Waals surface area contributed by atoms with Crippen LogP contribution in [0.2, 0.25) is 0 Å². The van der Waals surface area contributed by atoms with E-state index in [9.17, 15) is 24.0 Å². The minimum atomic E-state index is -1.66. The molecule has 10 nitrogen and oxygen atoms in total. The normalized spacial score (nSPS) is 17.4. The fourth-order valence-electron chi connectivity index (χ4n) is 5.73. The van der Waals surface area contributed by atoms with Crippen LogP contribution >= 0.6 is 0 Å². The minimum Gasteiger partial charge on any atom is -0.453 e. The number of rotatable bonds is 16. The van der Waals surface area contributed by atoms with Gasteiger partial charge in [-0.1, -0.05) is 90.5 Å². The average molecular weight is 656 g/mol. The van der Waals surface area contributed by atoms with Gasteiger partial charge >= 0.3 is 12.1 Å². The van der Waals surface area contributed by atoms with Crippen molar-refractivity contribution in [2.75, 3.05) is 19.8 Å². The summed E-state index contributed by atoms with van der Waals surface area (Å²) < 4.78 is 16.5. The highest BCUT2D eigenvalue weighted by Crippen LogP contribution is 2.35. The summed E-state index contributed by atoms with van der Waals surface area (Å²) in [5, 5.41) is 8.96. The molecule has 3 aromatic carbocycles. The maximum Gasteiger partial charge on any atom is 0.417 e. The van der Waals surface area contributed by atoms with Gasteiger partial charge in [-0.25, -0.2) is 9.69 Å².